The minimum absolute atomic E-state index is 0.703. The summed E-state index contributed by atoms with van der Waals surface area (Å²) in [4.78, 5) is 0. The second-order valence-corrected chi connectivity index (χ2v) is 4.08. The summed E-state index contributed by atoms with van der Waals surface area (Å²) in [5.74, 6) is 0.703. The fourth-order valence-corrected chi connectivity index (χ4v) is 1.44. The average Bonchev–Trinajstić information content (AvgIpc) is 2.25. The van der Waals surface area contributed by atoms with Crippen molar-refractivity contribution < 1.29 is 0 Å². The van der Waals surface area contributed by atoms with Crippen LogP contribution >= 0.6 is 0 Å². The molecule has 15 heavy (non-hydrogen) atoms. The third-order valence-electron chi connectivity index (χ3n) is 2.43. The minimum Gasteiger partial charge on any atom is -0.103 e. The Kier molecular flexibility index (Phi) is 10.7. The molecule has 1 unspecified atom stereocenters. The Morgan fingerprint density at radius 2 is 1.80 bits per heavy atom. The summed E-state index contributed by atoms with van der Waals surface area (Å²) in [6.45, 7) is 8.19. The van der Waals surface area contributed by atoms with E-state index in [-0.39, 0.29) is 0 Å². The second-order valence-electron chi connectivity index (χ2n) is 4.08. The summed E-state index contributed by atoms with van der Waals surface area (Å²) >= 11 is 0. The van der Waals surface area contributed by atoms with Crippen molar-refractivity contribution in [1.29, 1.82) is 0 Å². The van der Waals surface area contributed by atoms with Gasteiger partial charge in [0.25, 0.3) is 0 Å². The van der Waals surface area contributed by atoms with Crippen molar-refractivity contribution in [2.45, 2.75) is 52.4 Å². The molecule has 0 nitrogen and oxygen atoms in total. The van der Waals surface area contributed by atoms with E-state index in [2.05, 4.69) is 44.7 Å². The first-order valence-electron chi connectivity index (χ1n) is 6.23. The second kappa shape index (κ2) is 11.3. The maximum atomic E-state index is 3.74. The van der Waals surface area contributed by atoms with Crippen molar-refractivity contribution in [3.63, 3.8) is 0 Å². The lowest BCUT2D eigenvalue weighted by molar-refractivity contribution is 0.654. The third kappa shape index (κ3) is 11.1. The maximum Gasteiger partial charge on any atom is -0.0259 e. The molecule has 0 aliphatic heterocycles. The Labute approximate surface area is 95.8 Å². The molecule has 0 aliphatic rings. The van der Waals surface area contributed by atoms with Crippen LogP contribution in [0.5, 0.6) is 0 Å². The van der Waals surface area contributed by atoms with Crippen molar-refractivity contribution in [3.8, 4) is 0 Å². The van der Waals surface area contributed by atoms with Gasteiger partial charge in [0.1, 0.15) is 0 Å². The molecular formula is C15H26. The summed E-state index contributed by atoms with van der Waals surface area (Å²) in [6.07, 6.45) is 18.4. The van der Waals surface area contributed by atoms with Gasteiger partial charge in [0.2, 0.25) is 0 Å². The first-order valence-corrected chi connectivity index (χ1v) is 6.23. The van der Waals surface area contributed by atoms with E-state index >= 15 is 0 Å². The Balaban J connectivity index is 3.36. The average molecular weight is 206 g/mol. The number of hydrogen-bond acceptors (Lipinski definition) is 0. The molecule has 0 aromatic rings. The van der Waals surface area contributed by atoms with E-state index in [0.717, 1.165) is 12.8 Å². The largest absolute Gasteiger partial charge is 0.103 e. The highest BCUT2D eigenvalue weighted by Crippen LogP contribution is 2.08. The smallest absolute Gasteiger partial charge is 0.0259 e. The standard InChI is InChI=1S/C15H26/c1-4-6-8-9-10-11-12-14-15(3)13-7-5-2/h5-6,8,12,14-15H,2,4,7,9-11,13H2,1,3H3. The molecule has 0 aromatic carbocycles. The molecule has 0 saturated heterocycles. The van der Waals surface area contributed by atoms with Crippen molar-refractivity contribution in [3.05, 3.63) is 37.0 Å². The number of rotatable bonds is 9. The van der Waals surface area contributed by atoms with E-state index in [1.54, 1.807) is 0 Å². The quantitative estimate of drug-likeness (QED) is 0.355. The van der Waals surface area contributed by atoms with Gasteiger partial charge in [0.15, 0.2) is 0 Å². The molecule has 0 aromatic heterocycles. The molecule has 0 fully saturated rings. The zero-order chi connectivity index (χ0) is 11.4. The predicted octanol–water partition coefficient (Wildman–Crippen LogP) is 5.28. The summed E-state index contributed by atoms with van der Waals surface area (Å²) < 4.78 is 0. The van der Waals surface area contributed by atoms with Gasteiger partial charge in [-0.25, -0.2) is 0 Å². The van der Waals surface area contributed by atoms with Crippen molar-refractivity contribution >= 4 is 0 Å². The topological polar surface area (TPSA) is 0 Å². The lowest BCUT2D eigenvalue weighted by Crippen LogP contribution is -1.87. The van der Waals surface area contributed by atoms with Gasteiger partial charge < -0.3 is 0 Å². The third-order valence-corrected chi connectivity index (χ3v) is 2.43. The van der Waals surface area contributed by atoms with E-state index in [4.69, 9.17) is 0 Å². The van der Waals surface area contributed by atoms with Gasteiger partial charge >= 0.3 is 0 Å². The molecular weight excluding hydrogens is 180 g/mol. The van der Waals surface area contributed by atoms with Crippen molar-refractivity contribution in [1.82, 2.24) is 0 Å². The van der Waals surface area contributed by atoms with Gasteiger partial charge in [-0.15, -0.1) is 6.58 Å². The molecule has 0 spiro atoms. The molecule has 0 amide bonds. The SMILES string of the molecule is C=CCCC(C)C=CCCCC=CCC. The minimum atomic E-state index is 0.703. The Bertz CT molecular complexity index is 186. The molecule has 0 aliphatic carbocycles. The van der Waals surface area contributed by atoms with E-state index in [1.807, 2.05) is 6.08 Å². The molecule has 0 bridgehead atoms. The van der Waals surface area contributed by atoms with Crippen molar-refractivity contribution in [2.24, 2.45) is 5.92 Å². The predicted molar refractivity (Wildman–Crippen MR) is 71.0 cm³/mol. The van der Waals surface area contributed by atoms with Crippen LogP contribution in [0, 0.1) is 5.92 Å². The Morgan fingerprint density at radius 3 is 2.47 bits per heavy atom. The molecule has 0 saturated carbocycles. The normalized spacial score (nSPS) is 13.7. The lowest BCUT2D eigenvalue weighted by atomic mass is 10.0. The Hall–Kier alpha value is -0.780. The van der Waals surface area contributed by atoms with Crippen LogP contribution in [0.2, 0.25) is 0 Å². The maximum absolute atomic E-state index is 3.74. The first-order chi connectivity index (χ1) is 7.31. The van der Waals surface area contributed by atoms with E-state index in [1.165, 1.54) is 25.7 Å². The summed E-state index contributed by atoms with van der Waals surface area (Å²) in [6, 6.07) is 0. The van der Waals surface area contributed by atoms with Gasteiger partial charge in [0, 0.05) is 0 Å². The van der Waals surface area contributed by atoms with Crippen LogP contribution in [0.1, 0.15) is 52.4 Å². The van der Waals surface area contributed by atoms with Crippen LogP contribution in [-0.4, -0.2) is 0 Å². The summed E-state index contributed by atoms with van der Waals surface area (Å²) in [5, 5.41) is 0. The van der Waals surface area contributed by atoms with Crippen LogP contribution in [0.15, 0.2) is 37.0 Å². The van der Waals surface area contributed by atoms with Gasteiger partial charge in [0.05, 0.1) is 0 Å². The molecule has 0 heterocycles. The highest BCUT2D eigenvalue weighted by molar-refractivity contribution is 4.88. The highest BCUT2D eigenvalue weighted by Gasteiger charge is 1.93. The molecule has 0 N–H and O–H groups in total. The number of allylic oxidation sites excluding steroid dienone is 5. The van der Waals surface area contributed by atoms with Crippen LogP contribution in [-0.2, 0) is 0 Å². The fraction of sp³-hybridized carbons (Fsp3) is 0.600. The zero-order valence-electron chi connectivity index (χ0n) is 10.4. The zero-order valence-corrected chi connectivity index (χ0v) is 10.4. The van der Waals surface area contributed by atoms with E-state index < -0.39 is 0 Å². The van der Waals surface area contributed by atoms with Gasteiger partial charge in [-0.1, -0.05) is 44.2 Å². The van der Waals surface area contributed by atoms with Gasteiger partial charge in [-0.05, 0) is 44.4 Å². The number of hydrogen-bond donors (Lipinski definition) is 0. The van der Waals surface area contributed by atoms with Crippen LogP contribution in [0.4, 0.5) is 0 Å². The fourth-order valence-electron chi connectivity index (χ4n) is 1.44. The summed E-state index contributed by atoms with van der Waals surface area (Å²) in [5.41, 5.74) is 0. The van der Waals surface area contributed by atoms with E-state index in [0.29, 0.717) is 5.92 Å². The first kappa shape index (κ1) is 14.2. The molecule has 1 atom stereocenters. The van der Waals surface area contributed by atoms with Gasteiger partial charge in [-0.3, -0.25) is 0 Å². The molecule has 0 rings (SSSR count). The van der Waals surface area contributed by atoms with Crippen LogP contribution in [0.25, 0.3) is 0 Å². The molecule has 86 valence electrons. The van der Waals surface area contributed by atoms with Crippen molar-refractivity contribution in [2.75, 3.05) is 0 Å². The molecule has 0 radical (unpaired) electrons. The van der Waals surface area contributed by atoms with Crippen LogP contribution < -0.4 is 0 Å². The molecule has 0 heteroatoms. The summed E-state index contributed by atoms with van der Waals surface area (Å²) in [7, 11) is 0. The van der Waals surface area contributed by atoms with Crippen LogP contribution in [0.3, 0.4) is 0 Å². The highest BCUT2D eigenvalue weighted by atomic mass is 14.0. The number of unbranched alkanes of at least 4 members (excludes halogenated alkanes) is 2. The van der Waals surface area contributed by atoms with Gasteiger partial charge in [-0.2, -0.15) is 0 Å². The monoisotopic (exact) mass is 206 g/mol. The Morgan fingerprint density at radius 1 is 1.07 bits per heavy atom. The lowest BCUT2D eigenvalue weighted by Gasteiger charge is -2.02. The van der Waals surface area contributed by atoms with E-state index in [9.17, 15) is 0 Å².